The minimum Gasteiger partial charge on any atom is -0.357 e. The van der Waals surface area contributed by atoms with Gasteiger partial charge < -0.3 is 5.32 Å². The molecule has 0 spiro atoms. The maximum Gasteiger partial charge on any atom is 0.183 e. The van der Waals surface area contributed by atoms with Crippen molar-refractivity contribution in [1.82, 2.24) is 4.98 Å². The first-order chi connectivity index (χ1) is 10.2. The van der Waals surface area contributed by atoms with Crippen LogP contribution in [0.3, 0.4) is 0 Å². The van der Waals surface area contributed by atoms with E-state index in [0.29, 0.717) is 0 Å². The van der Waals surface area contributed by atoms with Crippen molar-refractivity contribution < 1.29 is 4.39 Å². The zero-order valence-electron chi connectivity index (χ0n) is 11.6. The molecule has 106 valence electrons. The first kappa shape index (κ1) is 13.8. The molecule has 0 atom stereocenters. The summed E-state index contributed by atoms with van der Waals surface area (Å²) in [6.45, 7) is 2.78. The molecule has 0 amide bonds. The van der Waals surface area contributed by atoms with Gasteiger partial charge >= 0.3 is 0 Å². The van der Waals surface area contributed by atoms with Crippen molar-refractivity contribution >= 4 is 16.5 Å². The number of aryl methyl sites for hydroxylation is 1. The Hall–Kier alpha value is -2.20. The van der Waals surface area contributed by atoms with Crippen molar-refractivity contribution in [2.45, 2.75) is 13.5 Å². The third kappa shape index (κ3) is 3.28. The Labute approximate surface area is 127 Å². The Morgan fingerprint density at radius 1 is 1.05 bits per heavy atom. The fourth-order valence-electron chi connectivity index (χ4n) is 2.12. The molecule has 1 heterocycles. The van der Waals surface area contributed by atoms with Gasteiger partial charge in [0.2, 0.25) is 0 Å². The molecule has 4 heteroatoms. The second-order valence-electron chi connectivity index (χ2n) is 4.77. The highest BCUT2D eigenvalue weighted by atomic mass is 32.1. The van der Waals surface area contributed by atoms with Gasteiger partial charge in [0.25, 0.3) is 0 Å². The van der Waals surface area contributed by atoms with Gasteiger partial charge in [-0.2, -0.15) is 0 Å². The Bertz CT molecular complexity index is 720. The Balaban J connectivity index is 1.76. The van der Waals surface area contributed by atoms with Crippen molar-refractivity contribution in [1.29, 1.82) is 0 Å². The van der Waals surface area contributed by atoms with E-state index in [9.17, 15) is 4.39 Å². The molecule has 2 nitrogen and oxygen atoms in total. The molecular formula is C17H15FN2S. The SMILES string of the molecule is Cc1sc(NCc2ccccc2)nc1-c1ccc(F)cc1. The number of anilines is 1. The number of rotatable bonds is 4. The zero-order valence-corrected chi connectivity index (χ0v) is 12.5. The summed E-state index contributed by atoms with van der Waals surface area (Å²) in [5, 5.41) is 4.22. The number of aromatic nitrogens is 1. The third-order valence-electron chi connectivity index (χ3n) is 3.20. The first-order valence-corrected chi connectivity index (χ1v) is 7.55. The van der Waals surface area contributed by atoms with Gasteiger partial charge in [-0.05, 0) is 36.8 Å². The number of benzene rings is 2. The molecule has 0 aliphatic carbocycles. The molecule has 0 saturated carbocycles. The molecule has 0 fully saturated rings. The van der Waals surface area contributed by atoms with Crippen molar-refractivity contribution in [3.63, 3.8) is 0 Å². The van der Waals surface area contributed by atoms with E-state index in [2.05, 4.69) is 22.4 Å². The number of hydrogen-bond acceptors (Lipinski definition) is 3. The second kappa shape index (κ2) is 6.06. The van der Waals surface area contributed by atoms with E-state index in [4.69, 9.17) is 0 Å². The smallest absolute Gasteiger partial charge is 0.183 e. The highest BCUT2D eigenvalue weighted by Gasteiger charge is 2.09. The minimum atomic E-state index is -0.228. The van der Waals surface area contributed by atoms with Crippen LogP contribution in [0.25, 0.3) is 11.3 Å². The van der Waals surface area contributed by atoms with Crippen molar-refractivity contribution in [2.75, 3.05) is 5.32 Å². The van der Waals surface area contributed by atoms with Crippen LogP contribution >= 0.6 is 11.3 Å². The van der Waals surface area contributed by atoms with E-state index in [0.717, 1.165) is 27.8 Å². The van der Waals surface area contributed by atoms with Gasteiger partial charge in [-0.1, -0.05) is 30.3 Å². The van der Waals surface area contributed by atoms with Crippen LogP contribution in [0.4, 0.5) is 9.52 Å². The Morgan fingerprint density at radius 3 is 2.48 bits per heavy atom. The summed E-state index contributed by atoms with van der Waals surface area (Å²) in [5.41, 5.74) is 3.07. The molecule has 1 N–H and O–H groups in total. The molecule has 3 aromatic rings. The van der Waals surface area contributed by atoms with Crippen molar-refractivity contribution in [3.8, 4) is 11.3 Å². The molecular weight excluding hydrogens is 283 g/mol. The van der Waals surface area contributed by atoms with Crippen LogP contribution in [0, 0.1) is 12.7 Å². The largest absolute Gasteiger partial charge is 0.357 e. The fourth-order valence-corrected chi connectivity index (χ4v) is 2.95. The zero-order chi connectivity index (χ0) is 14.7. The van der Waals surface area contributed by atoms with E-state index < -0.39 is 0 Å². The topological polar surface area (TPSA) is 24.9 Å². The van der Waals surface area contributed by atoms with Crippen LogP contribution in [-0.2, 0) is 6.54 Å². The lowest BCUT2D eigenvalue weighted by Gasteiger charge is -2.02. The van der Waals surface area contributed by atoms with Gasteiger partial charge in [0.15, 0.2) is 5.13 Å². The van der Waals surface area contributed by atoms with Gasteiger partial charge in [0, 0.05) is 17.0 Å². The molecule has 2 aromatic carbocycles. The fraction of sp³-hybridized carbons (Fsp3) is 0.118. The second-order valence-corrected chi connectivity index (χ2v) is 5.97. The summed E-state index contributed by atoms with van der Waals surface area (Å²) >= 11 is 1.62. The molecule has 3 rings (SSSR count). The minimum absolute atomic E-state index is 0.228. The van der Waals surface area contributed by atoms with Gasteiger partial charge in [0.1, 0.15) is 5.82 Å². The maximum absolute atomic E-state index is 13.0. The van der Waals surface area contributed by atoms with Gasteiger partial charge in [-0.25, -0.2) is 9.37 Å². The van der Waals surface area contributed by atoms with Crippen LogP contribution in [0.2, 0.25) is 0 Å². The van der Waals surface area contributed by atoms with Crippen LogP contribution in [-0.4, -0.2) is 4.98 Å². The van der Waals surface area contributed by atoms with Crippen LogP contribution < -0.4 is 5.32 Å². The molecule has 0 unspecified atom stereocenters. The number of nitrogens with one attached hydrogen (secondary N) is 1. The van der Waals surface area contributed by atoms with Crippen molar-refractivity contribution in [2.24, 2.45) is 0 Å². The number of thiazole rings is 1. The number of hydrogen-bond donors (Lipinski definition) is 1. The average molecular weight is 298 g/mol. The van der Waals surface area contributed by atoms with Gasteiger partial charge in [-0.3, -0.25) is 0 Å². The number of nitrogens with zero attached hydrogens (tertiary/aromatic N) is 1. The monoisotopic (exact) mass is 298 g/mol. The predicted octanol–water partition coefficient (Wildman–Crippen LogP) is 4.87. The van der Waals surface area contributed by atoms with E-state index in [1.165, 1.54) is 17.7 Å². The average Bonchev–Trinajstić information content (AvgIpc) is 2.88. The summed E-state index contributed by atoms with van der Waals surface area (Å²) in [6.07, 6.45) is 0. The molecule has 0 aliphatic rings. The van der Waals surface area contributed by atoms with E-state index in [1.807, 2.05) is 25.1 Å². The van der Waals surface area contributed by atoms with Gasteiger partial charge in [0.05, 0.1) is 5.69 Å². The molecule has 0 bridgehead atoms. The predicted molar refractivity (Wildman–Crippen MR) is 86.0 cm³/mol. The highest BCUT2D eigenvalue weighted by Crippen LogP contribution is 2.30. The van der Waals surface area contributed by atoms with Crippen LogP contribution in [0.15, 0.2) is 54.6 Å². The highest BCUT2D eigenvalue weighted by molar-refractivity contribution is 7.15. The normalized spacial score (nSPS) is 10.6. The molecule has 0 aliphatic heterocycles. The van der Waals surface area contributed by atoms with Crippen LogP contribution in [0.1, 0.15) is 10.4 Å². The lowest BCUT2D eigenvalue weighted by atomic mass is 10.1. The summed E-state index contributed by atoms with van der Waals surface area (Å²) in [7, 11) is 0. The van der Waals surface area contributed by atoms with E-state index in [1.54, 1.807) is 23.5 Å². The Kier molecular flexibility index (Phi) is 3.97. The third-order valence-corrected chi connectivity index (χ3v) is 4.13. The number of halogens is 1. The molecule has 21 heavy (non-hydrogen) atoms. The lowest BCUT2D eigenvalue weighted by Crippen LogP contribution is -1.98. The molecule has 1 aromatic heterocycles. The summed E-state index contributed by atoms with van der Waals surface area (Å²) in [6, 6.07) is 16.7. The lowest BCUT2D eigenvalue weighted by molar-refractivity contribution is 0.628. The quantitative estimate of drug-likeness (QED) is 0.743. The van der Waals surface area contributed by atoms with Crippen molar-refractivity contribution in [3.05, 3.63) is 70.9 Å². The summed E-state index contributed by atoms with van der Waals surface area (Å²) < 4.78 is 13.0. The van der Waals surface area contributed by atoms with E-state index >= 15 is 0 Å². The first-order valence-electron chi connectivity index (χ1n) is 6.73. The Morgan fingerprint density at radius 2 is 1.76 bits per heavy atom. The maximum atomic E-state index is 13.0. The molecule has 0 saturated heterocycles. The van der Waals surface area contributed by atoms with Gasteiger partial charge in [-0.15, -0.1) is 11.3 Å². The van der Waals surface area contributed by atoms with E-state index in [-0.39, 0.29) is 5.82 Å². The standard InChI is InChI=1S/C17H15FN2S/c1-12-16(14-7-9-15(18)10-8-14)20-17(21-12)19-11-13-5-3-2-4-6-13/h2-10H,11H2,1H3,(H,19,20). The molecule has 0 radical (unpaired) electrons. The summed E-state index contributed by atoms with van der Waals surface area (Å²) in [5.74, 6) is -0.228. The summed E-state index contributed by atoms with van der Waals surface area (Å²) in [4.78, 5) is 5.73. The van der Waals surface area contributed by atoms with Crippen LogP contribution in [0.5, 0.6) is 0 Å².